The van der Waals surface area contributed by atoms with Gasteiger partial charge in [0.2, 0.25) is 0 Å². The van der Waals surface area contributed by atoms with Crippen molar-refractivity contribution in [1.82, 2.24) is 15.6 Å². The van der Waals surface area contributed by atoms with Crippen LogP contribution >= 0.6 is 11.3 Å². The van der Waals surface area contributed by atoms with Crippen molar-refractivity contribution >= 4 is 50.6 Å². The molecule has 0 saturated carbocycles. The Bertz CT molecular complexity index is 1270. The average molecular weight is 475 g/mol. The number of aromatic nitrogens is 1. The highest BCUT2D eigenvalue weighted by molar-refractivity contribution is 7.21. The fourth-order valence-electron chi connectivity index (χ4n) is 4.28. The number of benzene rings is 1. The molecule has 33 heavy (non-hydrogen) atoms. The maximum Gasteiger partial charge on any atom is 0.416 e. The zero-order valence-corrected chi connectivity index (χ0v) is 18.4. The number of halogens is 3. The van der Waals surface area contributed by atoms with E-state index in [4.69, 9.17) is 0 Å². The number of piperidine rings is 1. The first-order chi connectivity index (χ1) is 15.7. The van der Waals surface area contributed by atoms with Gasteiger partial charge in [-0.2, -0.15) is 13.2 Å². The molecule has 7 nitrogen and oxygen atoms in total. The SMILES string of the molecule is Cc1ccc(N2C(=O)Nc3c(C(=O)NC4CCCNC4)sc4nccc2c34)cc1C(F)(F)F. The molecule has 5 rings (SSSR count). The van der Waals surface area contributed by atoms with Crippen LogP contribution in [0.15, 0.2) is 30.5 Å². The molecular formula is C22H20F3N5O2S. The Balaban J connectivity index is 1.57. The number of hydrogen-bond acceptors (Lipinski definition) is 5. The highest BCUT2D eigenvalue weighted by Crippen LogP contribution is 2.46. The van der Waals surface area contributed by atoms with E-state index >= 15 is 0 Å². The molecule has 1 unspecified atom stereocenters. The summed E-state index contributed by atoms with van der Waals surface area (Å²) in [7, 11) is 0. The molecule has 0 bridgehead atoms. The van der Waals surface area contributed by atoms with Gasteiger partial charge in [0.05, 0.1) is 28.0 Å². The quantitative estimate of drug-likeness (QED) is 0.509. The number of nitrogens with one attached hydrogen (secondary N) is 3. The molecule has 0 radical (unpaired) electrons. The Kier molecular flexibility index (Phi) is 5.25. The summed E-state index contributed by atoms with van der Waals surface area (Å²) in [6, 6.07) is 4.68. The summed E-state index contributed by atoms with van der Waals surface area (Å²) in [6.45, 7) is 2.95. The normalized spacial score (nSPS) is 18.4. The lowest BCUT2D eigenvalue weighted by Gasteiger charge is -2.29. The minimum absolute atomic E-state index is 0.0137. The van der Waals surface area contributed by atoms with Gasteiger partial charge in [0, 0.05) is 18.8 Å². The van der Waals surface area contributed by atoms with E-state index in [1.54, 1.807) is 6.07 Å². The number of anilines is 3. The zero-order chi connectivity index (χ0) is 23.3. The van der Waals surface area contributed by atoms with Gasteiger partial charge in [-0.05, 0) is 50.1 Å². The number of rotatable bonds is 3. The van der Waals surface area contributed by atoms with E-state index in [0.717, 1.165) is 36.8 Å². The number of amides is 3. The van der Waals surface area contributed by atoms with Crippen molar-refractivity contribution in [3.63, 3.8) is 0 Å². The fourth-order valence-corrected chi connectivity index (χ4v) is 5.30. The number of carbonyl (C=O) groups is 2. The van der Waals surface area contributed by atoms with Crippen LogP contribution in [0.2, 0.25) is 0 Å². The number of alkyl halides is 3. The first-order valence-electron chi connectivity index (χ1n) is 10.5. The van der Waals surface area contributed by atoms with E-state index in [2.05, 4.69) is 20.9 Å². The third-order valence-corrected chi connectivity index (χ3v) is 6.97. The van der Waals surface area contributed by atoms with E-state index in [-0.39, 0.29) is 23.2 Å². The van der Waals surface area contributed by atoms with E-state index in [0.29, 0.717) is 33.0 Å². The third kappa shape index (κ3) is 3.80. The van der Waals surface area contributed by atoms with Crippen molar-refractivity contribution < 1.29 is 22.8 Å². The van der Waals surface area contributed by atoms with Gasteiger partial charge in [-0.1, -0.05) is 6.07 Å². The van der Waals surface area contributed by atoms with Crippen LogP contribution in [0.4, 0.5) is 35.0 Å². The van der Waals surface area contributed by atoms with Crippen LogP contribution < -0.4 is 20.9 Å². The van der Waals surface area contributed by atoms with Gasteiger partial charge in [-0.15, -0.1) is 11.3 Å². The second-order valence-corrected chi connectivity index (χ2v) is 9.09. The Morgan fingerprint density at radius 1 is 1.30 bits per heavy atom. The molecule has 3 aromatic rings. The molecule has 1 atom stereocenters. The van der Waals surface area contributed by atoms with Crippen LogP contribution in [0.1, 0.15) is 33.6 Å². The largest absolute Gasteiger partial charge is 0.416 e. The maximum absolute atomic E-state index is 13.5. The van der Waals surface area contributed by atoms with E-state index in [9.17, 15) is 22.8 Å². The lowest BCUT2D eigenvalue weighted by molar-refractivity contribution is -0.138. The molecule has 1 fully saturated rings. The maximum atomic E-state index is 13.5. The smallest absolute Gasteiger partial charge is 0.347 e. The first kappa shape index (κ1) is 21.7. The predicted octanol–water partition coefficient (Wildman–Crippen LogP) is 4.79. The zero-order valence-electron chi connectivity index (χ0n) is 17.5. The highest BCUT2D eigenvalue weighted by atomic mass is 32.1. The molecule has 2 aliphatic rings. The van der Waals surface area contributed by atoms with Crippen molar-refractivity contribution in [2.24, 2.45) is 0 Å². The second-order valence-electron chi connectivity index (χ2n) is 8.10. The van der Waals surface area contributed by atoms with Gasteiger partial charge in [0.15, 0.2) is 0 Å². The average Bonchev–Trinajstić information content (AvgIpc) is 3.14. The number of urea groups is 1. The molecule has 2 aliphatic heterocycles. The molecule has 1 aromatic carbocycles. The molecule has 0 aliphatic carbocycles. The van der Waals surface area contributed by atoms with Crippen LogP contribution in [0.25, 0.3) is 10.2 Å². The lowest BCUT2D eigenvalue weighted by Crippen LogP contribution is -2.45. The molecule has 3 amide bonds. The van der Waals surface area contributed by atoms with E-state index in [1.807, 2.05) is 0 Å². The molecule has 3 N–H and O–H groups in total. The number of pyridine rings is 1. The van der Waals surface area contributed by atoms with Crippen LogP contribution in [-0.2, 0) is 6.18 Å². The first-order valence-corrected chi connectivity index (χ1v) is 11.3. The number of nitrogens with zero attached hydrogens (tertiary/aromatic N) is 2. The summed E-state index contributed by atoms with van der Waals surface area (Å²) in [5, 5.41) is 9.47. The van der Waals surface area contributed by atoms with Gasteiger partial charge < -0.3 is 16.0 Å². The van der Waals surface area contributed by atoms with E-state index < -0.39 is 17.8 Å². The summed E-state index contributed by atoms with van der Waals surface area (Å²) < 4.78 is 40.4. The van der Waals surface area contributed by atoms with Crippen molar-refractivity contribution in [2.75, 3.05) is 23.3 Å². The fraction of sp³-hybridized carbons (Fsp3) is 0.318. The number of hydrogen-bond donors (Lipinski definition) is 3. The standard InChI is InChI=1S/C22H20F3N5O2S/c1-11-4-5-13(9-14(11)22(23,24)25)30-15-6-8-27-20-16(15)17(29-21(30)32)18(33-20)19(31)28-12-3-2-7-26-10-12/h4-6,8-9,12,26H,2-3,7,10H2,1H3,(H,28,31)(H,29,32). The Morgan fingerprint density at radius 2 is 2.12 bits per heavy atom. The van der Waals surface area contributed by atoms with Gasteiger partial charge >= 0.3 is 12.2 Å². The molecule has 172 valence electrons. The summed E-state index contributed by atoms with van der Waals surface area (Å²) in [5.74, 6) is -0.309. The molecule has 11 heteroatoms. The van der Waals surface area contributed by atoms with Crippen LogP contribution in [-0.4, -0.2) is 36.1 Å². The molecule has 4 heterocycles. The van der Waals surface area contributed by atoms with Crippen LogP contribution in [0.3, 0.4) is 0 Å². The minimum Gasteiger partial charge on any atom is -0.347 e. The van der Waals surface area contributed by atoms with Gasteiger partial charge in [0.1, 0.15) is 9.71 Å². The lowest BCUT2D eigenvalue weighted by atomic mass is 10.1. The predicted molar refractivity (Wildman–Crippen MR) is 120 cm³/mol. The van der Waals surface area contributed by atoms with E-state index in [1.165, 1.54) is 30.2 Å². The van der Waals surface area contributed by atoms with Crippen molar-refractivity contribution in [1.29, 1.82) is 0 Å². The number of thiophene rings is 1. The number of carbonyl (C=O) groups excluding carboxylic acids is 2. The Hall–Kier alpha value is -3.18. The van der Waals surface area contributed by atoms with Crippen LogP contribution in [0, 0.1) is 6.92 Å². The Labute approximate surface area is 191 Å². The number of aryl methyl sites for hydroxylation is 1. The molecule has 0 spiro atoms. The molecule has 1 saturated heterocycles. The second kappa shape index (κ2) is 7.99. The van der Waals surface area contributed by atoms with Gasteiger partial charge in [-0.25, -0.2) is 9.78 Å². The Morgan fingerprint density at radius 3 is 2.85 bits per heavy atom. The summed E-state index contributed by atoms with van der Waals surface area (Å²) in [5.41, 5.74) is 0.0505. The van der Waals surface area contributed by atoms with Gasteiger partial charge in [-0.3, -0.25) is 9.69 Å². The van der Waals surface area contributed by atoms with Crippen molar-refractivity contribution in [3.05, 3.63) is 46.5 Å². The monoisotopic (exact) mass is 475 g/mol. The summed E-state index contributed by atoms with van der Waals surface area (Å²) in [6.07, 6.45) is -1.25. The topological polar surface area (TPSA) is 86.4 Å². The summed E-state index contributed by atoms with van der Waals surface area (Å²) in [4.78, 5) is 32.4. The molecular weight excluding hydrogens is 455 g/mol. The van der Waals surface area contributed by atoms with Gasteiger partial charge in [0.25, 0.3) is 5.91 Å². The highest BCUT2D eigenvalue weighted by Gasteiger charge is 2.36. The summed E-state index contributed by atoms with van der Waals surface area (Å²) >= 11 is 1.14. The van der Waals surface area contributed by atoms with Crippen molar-refractivity contribution in [3.8, 4) is 0 Å². The van der Waals surface area contributed by atoms with Crippen molar-refractivity contribution in [2.45, 2.75) is 32.0 Å². The molecule has 2 aromatic heterocycles. The van der Waals surface area contributed by atoms with Crippen LogP contribution in [0.5, 0.6) is 0 Å². The third-order valence-electron chi connectivity index (χ3n) is 5.87. The minimum atomic E-state index is -4.55.